The molecule has 0 aromatic heterocycles. The molecule has 2 rings (SSSR count). The molecule has 17 heavy (non-hydrogen) atoms. The minimum atomic E-state index is 0.295. The summed E-state index contributed by atoms with van der Waals surface area (Å²) in [6.45, 7) is 3.11. The number of hydrogen-bond donors (Lipinski definition) is 2. The molecule has 0 spiro atoms. The van der Waals surface area contributed by atoms with Gasteiger partial charge in [-0.15, -0.1) is 0 Å². The van der Waals surface area contributed by atoms with E-state index >= 15 is 0 Å². The summed E-state index contributed by atoms with van der Waals surface area (Å²) in [5.41, 5.74) is 7.60. The van der Waals surface area contributed by atoms with Gasteiger partial charge in [0.2, 0.25) is 0 Å². The first-order valence-corrected chi connectivity index (χ1v) is 6.61. The maximum Gasteiger partial charge on any atom is 0.115 e. The Morgan fingerprint density at radius 3 is 2.35 bits per heavy atom. The van der Waals surface area contributed by atoms with Crippen molar-refractivity contribution in [3.8, 4) is 5.75 Å². The van der Waals surface area contributed by atoms with Gasteiger partial charge in [0.1, 0.15) is 5.75 Å². The van der Waals surface area contributed by atoms with Gasteiger partial charge >= 0.3 is 0 Å². The van der Waals surface area contributed by atoms with Gasteiger partial charge in [-0.25, -0.2) is 0 Å². The normalized spacial score (nSPS) is 29.2. The molecule has 0 radical (unpaired) electrons. The van der Waals surface area contributed by atoms with Crippen molar-refractivity contribution >= 4 is 0 Å². The lowest BCUT2D eigenvalue weighted by atomic mass is 9.68. The molecule has 1 fully saturated rings. The largest absolute Gasteiger partial charge is 0.508 e. The molecule has 2 nitrogen and oxygen atoms in total. The molecular formula is C15H23NO. The maximum atomic E-state index is 9.29. The summed E-state index contributed by atoms with van der Waals surface area (Å²) in [5, 5.41) is 9.29. The topological polar surface area (TPSA) is 46.2 Å². The molecule has 0 saturated heterocycles. The highest BCUT2D eigenvalue weighted by atomic mass is 16.3. The second-order valence-corrected chi connectivity index (χ2v) is 5.73. The Morgan fingerprint density at radius 2 is 1.82 bits per heavy atom. The monoisotopic (exact) mass is 233 g/mol. The SMILES string of the molecule is CC1CCC(CN)(Cc2ccc(O)cc2)CC1. The van der Waals surface area contributed by atoms with Gasteiger partial charge in [-0.1, -0.05) is 31.9 Å². The molecule has 2 heteroatoms. The van der Waals surface area contributed by atoms with E-state index < -0.39 is 0 Å². The van der Waals surface area contributed by atoms with E-state index in [2.05, 4.69) is 6.92 Å². The lowest BCUT2D eigenvalue weighted by molar-refractivity contribution is 0.163. The molecule has 0 bridgehead atoms. The molecule has 1 aromatic carbocycles. The summed E-state index contributed by atoms with van der Waals surface area (Å²) in [6.07, 6.45) is 6.14. The van der Waals surface area contributed by atoms with Gasteiger partial charge in [0.15, 0.2) is 0 Å². The van der Waals surface area contributed by atoms with Crippen LogP contribution in [0.2, 0.25) is 0 Å². The number of phenolic OH excluding ortho intramolecular Hbond substituents is 1. The highest BCUT2D eigenvalue weighted by molar-refractivity contribution is 5.26. The van der Waals surface area contributed by atoms with Crippen LogP contribution in [-0.2, 0) is 6.42 Å². The van der Waals surface area contributed by atoms with Gasteiger partial charge in [-0.2, -0.15) is 0 Å². The van der Waals surface area contributed by atoms with Crippen LogP contribution in [0.1, 0.15) is 38.2 Å². The molecule has 1 aliphatic rings. The number of rotatable bonds is 3. The lowest BCUT2D eigenvalue weighted by Gasteiger charge is -2.38. The van der Waals surface area contributed by atoms with E-state index in [9.17, 15) is 5.11 Å². The third-order valence-corrected chi connectivity index (χ3v) is 4.28. The highest BCUT2D eigenvalue weighted by Gasteiger charge is 2.32. The van der Waals surface area contributed by atoms with Crippen molar-refractivity contribution in [2.75, 3.05) is 6.54 Å². The molecule has 0 aliphatic heterocycles. The van der Waals surface area contributed by atoms with Crippen LogP contribution in [0.5, 0.6) is 5.75 Å². The Morgan fingerprint density at radius 1 is 1.24 bits per heavy atom. The second kappa shape index (κ2) is 5.09. The summed E-state index contributed by atoms with van der Waals surface area (Å²) < 4.78 is 0. The Bertz CT molecular complexity index is 350. The number of phenols is 1. The van der Waals surface area contributed by atoms with Crippen LogP contribution >= 0.6 is 0 Å². The van der Waals surface area contributed by atoms with Crippen molar-refractivity contribution in [2.45, 2.75) is 39.0 Å². The van der Waals surface area contributed by atoms with Crippen LogP contribution in [0.15, 0.2) is 24.3 Å². The first-order valence-electron chi connectivity index (χ1n) is 6.61. The van der Waals surface area contributed by atoms with Crippen LogP contribution in [0.3, 0.4) is 0 Å². The number of hydrogen-bond acceptors (Lipinski definition) is 2. The first kappa shape index (κ1) is 12.4. The van der Waals surface area contributed by atoms with Gasteiger partial charge in [0, 0.05) is 0 Å². The van der Waals surface area contributed by atoms with E-state index in [1.54, 1.807) is 12.1 Å². The van der Waals surface area contributed by atoms with Gasteiger partial charge in [-0.05, 0) is 54.8 Å². The fraction of sp³-hybridized carbons (Fsp3) is 0.600. The van der Waals surface area contributed by atoms with Crippen LogP contribution in [0.4, 0.5) is 0 Å². The number of benzene rings is 1. The minimum absolute atomic E-state index is 0.295. The third kappa shape index (κ3) is 3.01. The first-order chi connectivity index (χ1) is 8.13. The Hall–Kier alpha value is -1.02. The molecule has 0 heterocycles. The molecule has 94 valence electrons. The standard InChI is InChI=1S/C15H23NO/c1-12-6-8-15(11-16,9-7-12)10-13-2-4-14(17)5-3-13/h2-5,12,17H,6-11,16H2,1H3. The molecular weight excluding hydrogens is 210 g/mol. The van der Waals surface area contributed by atoms with E-state index in [1.165, 1.54) is 31.2 Å². The van der Waals surface area contributed by atoms with Gasteiger partial charge in [0.25, 0.3) is 0 Å². The van der Waals surface area contributed by atoms with Crippen molar-refractivity contribution in [1.82, 2.24) is 0 Å². The summed E-state index contributed by atoms with van der Waals surface area (Å²) >= 11 is 0. The lowest BCUT2D eigenvalue weighted by Crippen LogP contribution is -2.36. The van der Waals surface area contributed by atoms with Crippen molar-refractivity contribution in [1.29, 1.82) is 0 Å². The van der Waals surface area contributed by atoms with Crippen molar-refractivity contribution in [3.63, 3.8) is 0 Å². The Balaban J connectivity index is 2.06. The molecule has 0 atom stereocenters. The average molecular weight is 233 g/mol. The smallest absolute Gasteiger partial charge is 0.115 e. The van der Waals surface area contributed by atoms with E-state index in [0.717, 1.165) is 18.9 Å². The third-order valence-electron chi connectivity index (χ3n) is 4.28. The van der Waals surface area contributed by atoms with Gasteiger partial charge in [0.05, 0.1) is 0 Å². The highest BCUT2D eigenvalue weighted by Crippen LogP contribution is 2.40. The van der Waals surface area contributed by atoms with Crippen LogP contribution in [0, 0.1) is 11.3 Å². The maximum absolute atomic E-state index is 9.29. The molecule has 1 aromatic rings. The fourth-order valence-electron chi connectivity index (χ4n) is 2.87. The zero-order chi connectivity index (χ0) is 12.3. The predicted octanol–water partition coefficient (Wildman–Crippen LogP) is 3.09. The van der Waals surface area contributed by atoms with E-state index in [4.69, 9.17) is 5.73 Å². The Kier molecular flexibility index (Phi) is 3.72. The van der Waals surface area contributed by atoms with E-state index in [1.807, 2.05) is 12.1 Å². The predicted molar refractivity (Wildman–Crippen MR) is 70.9 cm³/mol. The fourth-order valence-corrected chi connectivity index (χ4v) is 2.87. The number of nitrogens with two attached hydrogens (primary N) is 1. The molecule has 0 unspecified atom stereocenters. The van der Waals surface area contributed by atoms with Crippen LogP contribution < -0.4 is 5.73 Å². The second-order valence-electron chi connectivity index (χ2n) is 5.73. The quantitative estimate of drug-likeness (QED) is 0.842. The van der Waals surface area contributed by atoms with E-state index in [0.29, 0.717) is 11.2 Å². The minimum Gasteiger partial charge on any atom is -0.508 e. The number of aromatic hydroxyl groups is 1. The van der Waals surface area contributed by atoms with Crippen LogP contribution in [-0.4, -0.2) is 11.7 Å². The summed E-state index contributed by atoms with van der Waals surface area (Å²) in [4.78, 5) is 0. The molecule has 0 amide bonds. The van der Waals surface area contributed by atoms with Gasteiger partial charge < -0.3 is 10.8 Å². The molecule has 1 aliphatic carbocycles. The average Bonchev–Trinajstić information content (AvgIpc) is 2.35. The summed E-state index contributed by atoms with van der Waals surface area (Å²) in [6, 6.07) is 7.57. The zero-order valence-electron chi connectivity index (χ0n) is 10.7. The zero-order valence-corrected chi connectivity index (χ0v) is 10.7. The van der Waals surface area contributed by atoms with Crippen LogP contribution in [0.25, 0.3) is 0 Å². The Labute approximate surface area is 104 Å². The van der Waals surface area contributed by atoms with Gasteiger partial charge in [-0.3, -0.25) is 0 Å². The van der Waals surface area contributed by atoms with Crippen molar-refractivity contribution in [3.05, 3.63) is 29.8 Å². The van der Waals surface area contributed by atoms with Crippen molar-refractivity contribution < 1.29 is 5.11 Å². The van der Waals surface area contributed by atoms with E-state index in [-0.39, 0.29) is 0 Å². The molecule has 1 saturated carbocycles. The summed E-state index contributed by atoms with van der Waals surface area (Å²) in [5.74, 6) is 1.20. The molecule has 3 N–H and O–H groups in total. The summed E-state index contributed by atoms with van der Waals surface area (Å²) in [7, 11) is 0. The van der Waals surface area contributed by atoms with Crippen molar-refractivity contribution in [2.24, 2.45) is 17.1 Å².